The van der Waals surface area contributed by atoms with Crippen LogP contribution in [-0.2, 0) is 5.88 Å². The zero-order valence-electron chi connectivity index (χ0n) is 7.85. The van der Waals surface area contributed by atoms with Gasteiger partial charge in [-0.15, -0.1) is 11.6 Å². The summed E-state index contributed by atoms with van der Waals surface area (Å²) in [5, 5.41) is 0.740. The highest BCUT2D eigenvalue weighted by atomic mass is 35.5. The lowest BCUT2D eigenvalue weighted by Gasteiger charge is -2.19. The van der Waals surface area contributed by atoms with E-state index in [2.05, 4.69) is 11.8 Å². The van der Waals surface area contributed by atoms with Gasteiger partial charge in [0.05, 0.1) is 0 Å². The molecule has 0 amide bonds. The van der Waals surface area contributed by atoms with Crippen LogP contribution in [-0.4, -0.2) is 13.6 Å². The SMILES string of the molecule is CCN(C)c1ccc(Cl)cc1CCl. The second kappa shape index (κ2) is 4.73. The first-order valence-corrected chi connectivity index (χ1v) is 5.15. The van der Waals surface area contributed by atoms with Crippen molar-refractivity contribution in [2.75, 3.05) is 18.5 Å². The van der Waals surface area contributed by atoms with Crippen molar-refractivity contribution in [2.45, 2.75) is 12.8 Å². The number of anilines is 1. The molecule has 0 N–H and O–H groups in total. The summed E-state index contributed by atoms with van der Waals surface area (Å²) in [6.45, 7) is 3.07. The topological polar surface area (TPSA) is 3.24 Å². The third-order valence-electron chi connectivity index (χ3n) is 2.07. The zero-order valence-corrected chi connectivity index (χ0v) is 9.36. The van der Waals surface area contributed by atoms with Gasteiger partial charge in [0.1, 0.15) is 0 Å². The summed E-state index contributed by atoms with van der Waals surface area (Å²) >= 11 is 11.7. The number of alkyl halides is 1. The van der Waals surface area contributed by atoms with Gasteiger partial charge in [0, 0.05) is 30.2 Å². The van der Waals surface area contributed by atoms with Crippen LogP contribution in [0.15, 0.2) is 18.2 Å². The van der Waals surface area contributed by atoms with Gasteiger partial charge >= 0.3 is 0 Å². The minimum Gasteiger partial charge on any atom is -0.375 e. The van der Waals surface area contributed by atoms with Crippen LogP contribution in [0.25, 0.3) is 0 Å². The summed E-state index contributed by atoms with van der Waals surface area (Å²) < 4.78 is 0. The fourth-order valence-corrected chi connectivity index (χ4v) is 1.61. The van der Waals surface area contributed by atoms with E-state index in [1.165, 1.54) is 0 Å². The van der Waals surface area contributed by atoms with Crippen LogP contribution in [0.1, 0.15) is 12.5 Å². The Kier molecular flexibility index (Phi) is 3.89. The molecule has 1 nitrogen and oxygen atoms in total. The second-order valence-electron chi connectivity index (χ2n) is 2.92. The number of hydrogen-bond acceptors (Lipinski definition) is 1. The molecule has 0 aliphatic carbocycles. The molecule has 0 radical (unpaired) electrons. The van der Waals surface area contributed by atoms with E-state index in [1.54, 1.807) is 0 Å². The highest BCUT2D eigenvalue weighted by Gasteiger charge is 2.05. The van der Waals surface area contributed by atoms with Gasteiger partial charge in [-0.25, -0.2) is 0 Å². The quantitative estimate of drug-likeness (QED) is 0.701. The molecule has 13 heavy (non-hydrogen) atoms. The average molecular weight is 218 g/mol. The van der Waals surface area contributed by atoms with Gasteiger partial charge in [0.25, 0.3) is 0 Å². The monoisotopic (exact) mass is 217 g/mol. The maximum atomic E-state index is 5.87. The molecule has 1 aromatic carbocycles. The first kappa shape index (κ1) is 10.7. The van der Waals surface area contributed by atoms with Crippen LogP contribution >= 0.6 is 23.2 Å². The number of nitrogens with zero attached hydrogens (tertiary/aromatic N) is 1. The number of hydrogen-bond donors (Lipinski definition) is 0. The van der Waals surface area contributed by atoms with E-state index >= 15 is 0 Å². The average Bonchev–Trinajstić information content (AvgIpc) is 2.16. The number of rotatable bonds is 3. The van der Waals surface area contributed by atoms with Gasteiger partial charge in [-0.1, -0.05) is 11.6 Å². The van der Waals surface area contributed by atoms with Crippen molar-refractivity contribution in [3.8, 4) is 0 Å². The Morgan fingerprint density at radius 2 is 2.08 bits per heavy atom. The van der Waals surface area contributed by atoms with Gasteiger partial charge in [-0.05, 0) is 30.7 Å². The lowest BCUT2D eigenvalue weighted by atomic mass is 10.2. The fourth-order valence-electron chi connectivity index (χ4n) is 1.20. The molecule has 3 heteroatoms. The van der Waals surface area contributed by atoms with Crippen LogP contribution in [0.2, 0.25) is 5.02 Å². The van der Waals surface area contributed by atoms with Crippen molar-refractivity contribution in [3.05, 3.63) is 28.8 Å². The Hall–Kier alpha value is -0.400. The molecule has 1 aromatic rings. The molecule has 0 fully saturated rings. The Labute approximate surface area is 89.3 Å². The summed E-state index contributed by atoms with van der Waals surface area (Å²) in [4.78, 5) is 2.15. The Bertz CT molecular complexity index is 286. The van der Waals surface area contributed by atoms with Crippen molar-refractivity contribution in [1.29, 1.82) is 0 Å². The smallest absolute Gasteiger partial charge is 0.0495 e. The molecule has 0 atom stereocenters. The van der Waals surface area contributed by atoms with Crippen molar-refractivity contribution >= 4 is 28.9 Å². The standard InChI is InChI=1S/C10H13Cl2N/c1-3-13(2)10-5-4-9(12)6-8(10)7-11/h4-6H,3,7H2,1-2H3. The molecular formula is C10H13Cl2N. The van der Waals surface area contributed by atoms with Crippen LogP contribution < -0.4 is 4.90 Å². The molecule has 0 unspecified atom stereocenters. The van der Waals surface area contributed by atoms with Gasteiger partial charge in [0.2, 0.25) is 0 Å². The molecule has 0 saturated heterocycles. The normalized spacial score (nSPS) is 10.2. The van der Waals surface area contributed by atoms with E-state index in [4.69, 9.17) is 23.2 Å². The van der Waals surface area contributed by atoms with E-state index in [0.717, 1.165) is 22.8 Å². The molecule has 0 bridgehead atoms. The summed E-state index contributed by atoms with van der Waals surface area (Å²) in [5.74, 6) is 0.500. The van der Waals surface area contributed by atoms with Crippen LogP contribution in [0.3, 0.4) is 0 Å². The molecule has 0 aliphatic heterocycles. The number of benzene rings is 1. The fraction of sp³-hybridized carbons (Fsp3) is 0.400. The molecule has 72 valence electrons. The van der Waals surface area contributed by atoms with Crippen molar-refractivity contribution in [3.63, 3.8) is 0 Å². The Morgan fingerprint density at radius 3 is 2.62 bits per heavy atom. The van der Waals surface area contributed by atoms with E-state index in [9.17, 15) is 0 Å². The molecule has 0 heterocycles. The van der Waals surface area contributed by atoms with Crippen LogP contribution in [0, 0.1) is 0 Å². The Balaban J connectivity index is 3.05. The maximum Gasteiger partial charge on any atom is 0.0495 e. The van der Waals surface area contributed by atoms with Gasteiger partial charge in [-0.2, -0.15) is 0 Å². The van der Waals surface area contributed by atoms with E-state index in [-0.39, 0.29) is 0 Å². The third-order valence-corrected chi connectivity index (χ3v) is 2.59. The van der Waals surface area contributed by atoms with E-state index in [1.807, 2.05) is 25.2 Å². The predicted molar refractivity (Wildman–Crippen MR) is 60.0 cm³/mol. The lowest BCUT2D eigenvalue weighted by Crippen LogP contribution is -2.17. The van der Waals surface area contributed by atoms with Crippen molar-refractivity contribution < 1.29 is 0 Å². The molecule has 1 rings (SSSR count). The lowest BCUT2D eigenvalue weighted by molar-refractivity contribution is 0.959. The first-order chi connectivity index (χ1) is 6.19. The number of halogens is 2. The molecule has 0 saturated carbocycles. The third kappa shape index (κ3) is 2.52. The maximum absolute atomic E-state index is 5.87. The van der Waals surface area contributed by atoms with Gasteiger partial charge in [0.15, 0.2) is 0 Å². The minimum atomic E-state index is 0.500. The highest BCUT2D eigenvalue weighted by Crippen LogP contribution is 2.24. The molecule has 0 aliphatic rings. The van der Waals surface area contributed by atoms with Gasteiger partial charge < -0.3 is 4.90 Å². The van der Waals surface area contributed by atoms with Crippen LogP contribution in [0.4, 0.5) is 5.69 Å². The molecule has 0 aromatic heterocycles. The predicted octanol–water partition coefficient (Wildman–Crippen LogP) is 3.53. The van der Waals surface area contributed by atoms with E-state index < -0.39 is 0 Å². The van der Waals surface area contributed by atoms with Crippen LogP contribution in [0.5, 0.6) is 0 Å². The summed E-state index contributed by atoms with van der Waals surface area (Å²) in [5.41, 5.74) is 2.24. The second-order valence-corrected chi connectivity index (χ2v) is 3.62. The van der Waals surface area contributed by atoms with Gasteiger partial charge in [-0.3, -0.25) is 0 Å². The molecular weight excluding hydrogens is 205 g/mol. The summed E-state index contributed by atoms with van der Waals surface area (Å²) in [6, 6.07) is 5.80. The zero-order chi connectivity index (χ0) is 9.84. The summed E-state index contributed by atoms with van der Waals surface area (Å²) in [6.07, 6.45) is 0. The van der Waals surface area contributed by atoms with E-state index in [0.29, 0.717) is 5.88 Å². The minimum absolute atomic E-state index is 0.500. The largest absolute Gasteiger partial charge is 0.375 e. The first-order valence-electron chi connectivity index (χ1n) is 4.24. The molecule has 0 spiro atoms. The Morgan fingerprint density at radius 1 is 1.38 bits per heavy atom. The highest BCUT2D eigenvalue weighted by molar-refractivity contribution is 6.30. The van der Waals surface area contributed by atoms with Crippen molar-refractivity contribution in [1.82, 2.24) is 0 Å². The van der Waals surface area contributed by atoms with Crippen molar-refractivity contribution in [2.24, 2.45) is 0 Å². The summed E-state index contributed by atoms with van der Waals surface area (Å²) in [7, 11) is 2.04.